The van der Waals surface area contributed by atoms with Crippen molar-refractivity contribution < 1.29 is 23.5 Å². The van der Waals surface area contributed by atoms with E-state index in [4.69, 9.17) is 24.9 Å². The van der Waals surface area contributed by atoms with Gasteiger partial charge in [-0.3, -0.25) is 0 Å². The average molecular weight is 297 g/mol. The number of aliphatic hydroxyl groups is 1. The summed E-state index contributed by atoms with van der Waals surface area (Å²) in [6.07, 6.45) is 0. The topological polar surface area (TPSA) is 73.9 Å². The van der Waals surface area contributed by atoms with Crippen LogP contribution < -0.4 is 15.9 Å². The van der Waals surface area contributed by atoms with Gasteiger partial charge in [0.05, 0.1) is 23.5 Å². The molecule has 1 fully saturated rings. The highest BCUT2D eigenvalue weighted by atomic mass is 19.1. The van der Waals surface area contributed by atoms with Crippen LogP contribution in [0.5, 0.6) is 5.75 Å². The molecule has 1 saturated heterocycles. The van der Waals surface area contributed by atoms with Gasteiger partial charge in [0, 0.05) is 0 Å². The SMILES string of the molecule is CC1(C)OB(c2cc(N)c(OCCO)c(F)c2)OC1(C)C. The van der Waals surface area contributed by atoms with Crippen molar-refractivity contribution in [2.24, 2.45) is 0 Å². The van der Waals surface area contributed by atoms with Crippen LogP contribution in [0.2, 0.25) is 0 Å². The number of ether oxygens (including phenoxy) is 1. The molecular formula is C14H21BFNO4. The minimum absolute atomic E-state index is 0.0169. The zero-order valence-corrected chi connectivity index (χ0v) is 12.8. The molecule has 116 valence electrons. The lowest BCUT2D eigenvalue weighted by Gasteiger charge is -2.32. The van der Waals surface area contributed by atoms with Crippen molar-refractivity contribution in [2.75, 3.05) is 18.9 Å². The number of anilines is 1. The fraction of sp³-hybridized carbons (Fsp3) is 0.571. The standard InChI is InChI=1S/C14H21BFNO4/c1-13(2)14(3,4)21-15(20-13)9-7-10(16)12(11(17)8-9)19-6-5-18/h7-8,18H,5-6,17H2,1-4H3. The largest absolute Gasteiger partial charge is 0.495 e. The second-order valence-corrected chi connectivity index (χ2v) is 6.08. The number of nitrogen functional groups attached to an aromatic ring is 1. The Balaban J connectivity index is 2.27. The van der Waals surface area contributed by atoms with Gasteiger partial charge in [-0.2, -0.15) is 0 Å². The lowest BCUT2D eigenvalue weighted by atomic mass is 9.78. The van der Waals surface area contributed by atoms with Crippen molar-refractivity contribution in [1.29, 1.82) is 0 Å². The number of nitrogens with two attached hydrogens (primary N) is 1. The second-order valence-electron chi connectivity index (χ2n) is 6.08. The van der Waals surface area contributed by atoms with Crippen LogP contribution in [0.4, 0.5) is 10.1 Å². The zero-order chi connectivity index (χ0) is 15.8. The number of aliphatic hydroxyl groups excluding tert-OH is 1. The van der Waals surface area contributed by atoms with E-state index in [1.807, 2.05) is 27.7 Å². The summed E-state index contributed by atoms with van der Waals surface area (Å²) >= 11 is 0. The van der Waals surface area contributed by atoms with Crippen LogP contribution in [0.1, 0.15) is 27.7 Å². The van der Waals surface area contributed by atoms with Crippen LogP contribution >= 0.6 is 0 Å². The Labute approximate surface area is 124 Å². The summed E-state index contributed by atoms with van der Waals surface area (Å²) in [4.78, 5) is 0. The van der Waals surface area contributed by atoms with Crippen molar-refractivity contribution in [2.45, 2.75) is 38.9 Å². The molecule has 1 aromatic carbocycles. The molecule has 2 rings (SSSR count). The molecular weight excluding hydrogens is 276 g/mol. The molecule has 0 unspecified atom stereocenters. The predicted molar refractivity (Wildman–Crippen MR) is 79.1 cm³/mol. The number of benzene rings is 1. The molecule has 0 amide bonds. The van der Waals surface area contributed by atoms with Crippen LogP contribution in [-0.4, -0.2) is 36.6 Å². The van der Waals surface area contributed by atoms with Gasteiger partial charge in [-0.05, 0) is 45.3 Å². The highest BCUT2D eigenvalue weighted by Gasteiger charge is 2.51. The maximum Gasteiger partial charge on any atom is 0.495 e. The Morgan fingerprint density at radius 2 is 1.81 bits per heavy atom. The molecule has 0 radical (unpaired) electrons. The summed E-state index contributed by atoms with van der Waals surface area (Å²) in [5.41, 5.74) is 5.44. The number of halogens is 1. The molecule has 0 saturated carbocycles. The third-order valence-electron chi connectivity index (χ3n) is 3.96. The summed E-state index contributed by atoms with van der Waals surface area (Å²) in [5, 5.41) is 8.72. The van der Waals surface area contributed by atoms with Crippen LogP contribution in [0.25, 0.3) is 0 Å². The molecule has 7 heteroatoms. The number of hydrogen-bond donors (Lipinski definition) is 2. The van der Waals surface area contributed by atoms with Crippen molar-refractivity contribution in [3.63, 3.8) is 0 Å². The van der Waals surface area contributed by atoms with Crippen molar-refractivity contribution in [3.05, 3.63) is 17.9 Å². The van der Waals surface area contributed by atoms with Crippen LogP contribution in [0.3, 0.4) is 0 Å². The smallest absolute Gasteiger partial charge is 0.486 e. The number of hydrogen-bond acceptors (Lipinski definition) is 5. The predicted octanol–water partition coefficient (Wildman–Crippen LogP) is 1.08. The molecule has 21 heavy (non-hydrogen) atoms. The first-order chi connectivity index (χ1) is 9.68. The molecule has 1 heterocycles. The lowest BCUT2D eigenvalue weighted by molar-refractivity contribution is 0.00578. The Bertz CT molecular complexity index is 497. The molecule has 3 N–H and O–H groups in total. The average Bonchev–Trinajstić information content (AvgIpc) is 2.57. The fourth-order valence-corrected chi connectivity index (χ4v) is 2.05. The fourth-order valence-electron chi connectivity index (χ4n) is 2.05. The third-order valence-corrected chi connectivity index (χ3v) is 3.96. The van der Waals surface area contributed by atoms with E-state index in [1.165, 1.54) is 6.07 Å². The first-order valence-electron chi connectivity index (χ1n) is 6.86. The van der Waals surface area contributed by atoms with E-state index in [9.17, 15) is 4.39 Å². The summed E-state index contributed by atoms with van der Waals surface area (Å²) < 4.78 is 30.9. The normalized spacial score (nSPS) is 19.8. The lowest BCUT2D eigenvalue weighted by Crippen LogP contribution is -2.41. The van der Waals surface area contributed by atoms with Gasteiger partial charge in [0.2, 0.25) is 0 Å². The van der Waals surface area contributed by atoms with Gasteiger partial charge in [0.25, 0.3) is 0 Å². The quantitative estimate of drug-likeness (QED) is 0.642. The molecule has 0 aliphatic carbocycles. The summed E-state index contributed by atoms with van der Waals surface area (Å²) in [5.74, 6) is -0.669. The van der Waals surface area contributed by atoms with E-state index in [-0.39, 0.29) is 24.7 Å². The maximum absolute atomic E-state index is 14.1. The van der Waals surface area contributed by atoms with Crippen molar-refractivity contribution >= 4 is 18.3 Å². The Morgan fingerprint density at radius 3 is 2.29 bits per heavy atom. The van der Waals surface area contributed by atoms with Gasteiger partial charge in [0.1, 0.15) is 6.61 Å². The van der Waals surface area contributed by atoms with Gasteiger partial charge in [-0.1, -0.05) is 0 Å². The molecule has 1 aliphatic rings. The Kier molecular flexibility index (Phi) is 4.19. The molecule has 5 nitrogen and oxygen atoms in total. The summed E-state index contributed by atoms with van der Waals surface area (Å²) in [6, 6.07) is 2.85. The molecule has 0 bridgehead atoms. The van der Waals surface area contributed by atoms with E-state index in [0.29, 0.717) is 5.46 Å². The first kappa shape index (κ1) is 16.1. The third kappa shape index (κ3) is 3.00. The van der Waals surface area contributed by atoms with Gasteiger partial charge in [-0.15, -0.1) is 0 Å². The molecule has 0 aromatic heterocycles. The van der Waals surface area contributed by atoms with Gasteiger partial charge in [-0.25, -0.2) is 4.39 Å². The number of rotatable bonds is 4. The van der Waals surface area contributed by atoms with E-state index in [1.54, 1.807) is 6.07 Å². The highest BCUT2D eigenvalue weighted by molar-refractivity contribution is 6.62. The van der Waals surface area contributed by atoms with E-state index < -0.39 is 24.1 Å². The van der Waals surface area contributed by atoms with E-state index >= 15 is 0 Å². The van der Waals surface area contributed by atoms with Crippen LogP contribution in [-0.2, 0) is 9.31 Å². The Morgan fingerprint density at radius 1 is 1.24 bits per heavy atom. The van der Waals surface area contributed by atoms with Crippen molar-refractivity contribution in [3.8, 4) is 5.75 Å². The van der Waals surface area contributed by atoms with E-state index in [0.717, 1.165) is 0 Å². The molecule has 1 aromatic rings. The molecule has 0 spiro atoms. The second kappa shape index (κ2) is 5.48. The monoisotopic (exact) mass is 297 g/mol. The van der Waals surface area contributed by atoms with E-state index in [2.05, 4.69) is 0 Å². The maximum atomic E-state index is 14.1. The minimum atomic E-state index is -0.682. The summed E-state index contributed by atoms with van der Waals surface area (Å²) in [6.45, 7) is 7.46. The molecule has 0 atom stereocenters. The zero-order valence-electron chi connectivity index (χ0n) is 12.8. The van der Waals surface area contributed by atoms with Gasteiger partial charge >= 0.3 is 7.12 Å². The highest BCUT2D eigenvalue weighted by Crippen LogP contribution is 2.37. The minimum Gasteiger partial charge on any atom is -0.486 e. The Hall–Kier alpha value is -1.31. The van der Waals surface area contributed by atoms with Crippen LogP contribution in [0, 0.1) is 5.82 Å². The van der Waals surface area contributed by atoms with Crippen molar-refractivity contribution in [1.82, 2.24) is 0 Å². The van der Waals surface area contributed by atoms with Crippen LogP contribution in [0.15, 0.2) is 12.1 Å². The first-order valence-corrected chi connectivity index (χ1v) is 6.86. The van der Waals surface area contributed by atoms with Gasteiger partial charge < -0.3 is 24.9 Å². The summed E-state index contributed by atoms with van der Waals surface area (Å²) in [7, 11) is -0.682. The van der Waals surface area contributed by atoms with Gasteiger partial charge in [0.15, 0.2) is 11.6 Å². The molecule has 1 aliphatic heterocycles.